The topological polar surface area (TPSA) is 46.9 Å². The van der Waals surface area contributed by atoms with Crippen molar-refractivity contribution >= 4 is 34.7 Å². The van der Waals surface area contributed by atoms with Gasteiger partial charge < -0.3 is 5.32 Å². The Morgan fingerprint density at radius 2 is 2.25 bits per heavy atom. The Balaban J connectivity index is 1.71. The van der Waals surface area contributed by atoms with Crippen LogP contribution in [0.3, 0.4) is 0 Å². The number of hydrogen-bond donors (Lipinski definition) is 1. The highest BCUT2D eigenvalue weighted by Crippen LogP contribution is 2.24. The van der Waals surface area contributed by atoms with E-state index in [-0.39, 0.29) is 11.9 Å². The first-order chi connectivity index (χ1) is 11.6. The van der Waals surface area contributed by atoms with Gasteiger partial charge in [-0.2, -0.15) is 16.4 Å². The summed E-state index contributed by atoms with van der Waals surface area (Å²) in [5.41, 5.74) is 3.12. The predicted octanol–water partition coefficient (Wildman–Crippen LogP) is 4.04. The third kappa shape index (κ3) is 4.01. The van der Waals surface area contributed by atoms with E-state index in [1.807, 2.05) is 52.9 Å². The van der Waals surface area contributed by atoms with Crippen molar-refractivity contribution in [3.8, 4) is 0 Å². The van der Waals surface area contributed by atoms with Gasteiger partial charge in [-0.3, -0.25) is 9.48 Å². The van der Waals surface area contributed by atoms with E-state index in [1.165, 1.54) is 4.88 Å². The lowest BCUT2D eigenvalue weighted by Gasteiger charge is -2.18. The standard InChI is InChI=1S/C18H19N3OS2/c1-13-10-14(2)21(20-13)16(17-4-3-8-24-17)11-19-18(22)6-5-15-7-9-23-12-15/h3-10,12,16H,11H2,1-2H3,(H,19,22). The maximum atomic E-state index is 12.1. The van der Waals surface area contributed by atoms with Crippen LogP contribution in [-0.4, -0.2) is 22.2 Å². The molecule has 0 saturated carbocycles. The van der Waals surface area contributed by atoms with Gasteiger partial charge in [0.1, 0.15) is 6.04 Å². The number of amides is 1. The van der Waals surface area contributed by atoms with Gasteiger partial charge in [0.15, 0.2) is 0 Å². The largest absolute Gasteiger partial charge is 0.350 e. The number of nitrogens with zero attached hydrogens (tertiary/aromatic N) is 2. The molecule has 1 atom stereocenters. The van der Waals surface area contributed by atoms with Crippen molar-refractivity contribution in [3.05, 3.63) is 68.3 Å². The van der Waals surface area contributed by atoms with E-state index in [0.29, 0.717) is 6.54 Å². The first-order valence-corrected chi connectivity index (χ1v) is 9.50. The lowest BCUT2D eigenvalue weighted by Crippen LogP contribution is -2.30. The van der Waals surface area contributed by atoms with Crippen LogP contribution in [0, 0.1) is 13.8 Å². The molecule has 1 N–H and O–H groups in total. The molecule has 3 rings (SSSR count). The summed E-state index contributed by atoms with van der Waals surface area (Å²) in [5, 5.41) is 13.6. The van der Waals surface area contributed by atoms with Crippen LogP contribution in [-0.2, 0) is 4.79 Å². The molecule has 0 saturated heterocycles. The summed E-state index contributed by atoms with van der Waals surface area (Å²) >= 11 is 3.29. The predicted molar refractivity (Wildman–Crippen MR) is 101 cm³/mol. The van der Waals surface area contributed by atoms with Gasteiger partial charge in [-0.15, -0.1) is 11.3 Å². The minimum Gasteiger partial charge on any atom is -0.350 e. The molecule has 0 fully saturated rings. The molecule has 3 heterocycles. The molecule has 0 aliphatic rings. The third-order valence-corrected chi connectivity index (χ3v) is 5.33. The van der Waals surface area contributed by atoms with Crippen LogP contribution in [0.4, 0.5) is 0 Å². The van der Waals surface area contributed by atoms with E-state index >= 15 is 0 Å². The number of aryl methyl sites for hydroxylation is 2. The van der Waals surface area contributed by atoms with Gasteiger partial charge in [0.05, 0.1) is 5.69 Å². The Morgan fingerprint density at radius 1 is 1.38 bits per heavy atom. The molecule has 3 aromatic heterocycles. The van der Waals surface area contributed by atoms with Crippen LogP contribution in [0.25, 0.3) is 6.08 Å². The van der Waals surface area contributed by atoms with E-state index in [4.69, 9.17) is 0 Å². The van der Waals surface area contributed by atoms with Crippen molar-refractivity contribution in [1.82, 2.24) is 15.1 Å². The third-order valence-electron chi connectivity index (χ3n) is 3.65. The number of carbonyl (C=O) groups excluding carboxylic acids is 1. The zero-order valence-electron chi connectivity index (χ0n) is 13.6. The molecular weight excluding hydrogens is 338 g/mol. The summed E-state index contributed by atoms with van der Waals surface area (Å²) in [5.74, 6) is -0.0933. The fourth-order valence-corrected chi connectivity index (χ4v) is 3.99. The van der Waals surface area contributed by atoms with Gasteiger partial charge in [0.25, 0.3) is 0 Å². The van der Waals surface area contributed by atoms with Gasteiger partial charge >= 0.3 is 0 Å². The molecule has 0 aromatic carbocycles. The maximum absolute atomic E-state index is 12.1. The highest BCUT2D eigenvalue weighted by molar-refractivity contribution is 7.10. The Labute approximate surface area is 149 Å². The van der Waals surface area contributed by atoms with Crippen LogP contribution in [0.1, 0.15) is 27.9 Å². The Bertz CT molecular complexity index is 817. The number of hydrogen-bond acceptors (Lipinski definition) is 4. The smallest absolute Gasteiger partial charge is 0.244 e. The molecular formula is C18H19N3OS2. The average molecular weight is 358 g/mol. The maximum Gasteiger partial charge on any atom is 0.244 e. The molecule has 1 unspecified atom stereocenters. The zero-order valence-corrected chi connectivity index (χ0v) is 15.2. The monoisotopic (exact) mass is 357 g/mol. The highest BCUT2D eigenvalue weighted by Gasteiger charge is 2.18. The number of thiophene rings is 2. The van der Waals surface area contributed by atoms with Crippen molar-refractivity contribution in [2.24, 2.45) is 0 Å². The summed E-state index contributed by atoms with van der Waals surface area (Å²) in [6, 6.07) is 8.16. The fraction of sp³-hybridized carbons (Fsp3) is 0.222. The Kier molecular flexibility index (Phi) is 5.27. The number of nitrogens with one attached hydrogen (secondary N) is 1. The summed E-state index contributed by atoms with van der Waals surface area (Å²) < 4.78 is 1.99. The van der Waals surface area contributed by atoms with Gasteiger partial charge in [-0.1, -0.05) is 6.07 Å². The normalized spacial score (nSPS) is 12.6. The molecule has 1 amide bonds. The van der Waals surface area contributed by atoms with Crippen LogP contribution in [0.5, 0.6) is 0 Å². The number of rotatable bonds is 6. The van der Waals surface area contributed by atoms with Crippen LogP contribution in [0.15, 0.2) is 46.5 Å². The van der Waals surface area contributed by atoms with Crippen molar-refractivity contribution in [3.63, 3.8) is 0 Å². The lowest BCUT2D eigenvalue weighted by atomic mass is 10.2. The Morgan fingerprint density at radius 3 is 2.88 bits per heavy atom. The minimum absolute atomic E-state index is 0.0113. The minimum atomic E-state index is -0.0933. The van der Waals surface area contributed by atoms with Gasteiger partial charge in [-0.05, 0) is 59.8 Å². The van der Waals surface area contributed by atoms with E-state index in [1.54, 1.807) is 28.7 Å². The summed E-state index contributed by atoms with van der Waals surface area (Å²) in [7, 11) is 0. The van der Waals surface area contributed by atoms with E-state index in [0.717, 1.165) is 17.0 Å². The fourth-order valence-electron chi connectivity index (χ4n) is 2.55. The summed E-state index contributed by atoms with van der Waals surface area (Å²) in [6.07, 6.45) is 3.41. The van der Waals surface area contributed by atoms with Crippen molar-refractivity contribution in [2.45, 2.75) is 19.9 Å². The van der Waals surface area contributed by atoms with E-state index < -0.39 is 0 Å². The first-order valence-electron chi connectivity index (χ1n) is 7.68. The molecule has 0 radical (unpaired) electrons. The van der Waals surface area contributed by atoms with Crippen LogP contribution >= 0.6 is 22.7 Å². The second kappa shape index (κ2) is 7.59. The molecule has 0 aliphatic heterocycles. The first kappa shape index (κ1) is 16.7. The SMILES string of the molecule is Cc1cc(C)n(C(CNC(=O)C=Cc2ccsc2)c2cccs2)n1. The molecule has 24 heavy (non-hydrogen) atoms. The van der Waals surface area contributed by atoms with Crippen molar-refractivity contribution < 1.29 is 4.79 Å². The van der Waals surface area contributed by atoms with Crippen molar-refractivity contribution in [1.29, 1.82) is 0 Å². The Hall–Kier alpha value is -2.18. The van der Waals surface area contributed by atoms with Gasteiger partial charge in [-0.25, -0.2) is 0 Å². The zero-order chi connectivity index (χ0) is 16.9. The van der Waals surface area contributed by atoms with E-state index in [2.05, 4.69) is 22.5 Å². The number of carbonyl (C=O) groups is 1. The highest BCUT2D eigenvalue weighted by atomic mass is 32.1. The van der Waals surface area contributed by atoms with E-state index in [9.17, 15) is 4.79 Å². The van der Waals surface area contributed by atoms with Crippen LogP contribution in [0.2, 0.25) is 0 Å². The summed E-state index contributed by atoms with van der Waals surface area (Å²) in [4.78, 5) is 13.3. The molecule has 4 nitrogen and oxygen atoms in total. The molecule has 6 heteroatoms. The molecule has 0 spiro atoms. The second-order valence-electron chi connectivity index (χ2n) is 5.54. The summed E-state index contributed by atoms with van der Waals surface area (Å²) in [6.45, 7) is 4.53. The lowest BCUT2D eigenvalue weighted by molar-refractivity contribution is -0.116. The molecule has 124 valence electrons. The average Bonchev–Trinajstić information content (AvgIpc) is 3.29. The molecule has 0 aliphatic carbocycles. The second-order valence-corrected chi connectivity index (χ2v) is 7.30. The van der Waals surface area contributed by atoms with Gasteiger partial charge in [0, 0.05) is 23.2 Å². The number of aromatic nitrogens is 2. The molecule has 0 bridgehead atoms. The molecule has 3 aromatic rings. The quantitative estimate of drug-likeness (QED) is 0.677. The van der Waals surface area contributed by atoms with Gasteiger partial charge in [0.2, 0.25) is 5.91 Å². The van der Waals surface area contributed by atoms with Crippen molar-refractivity contribution in [2.75, 3.05) is 6.54 Å². The van der Waals surface area contributed by atoms with Crippen LogP contribution < -0.4 is 5.32 Å².